The minimum Gasteiger partial charge on any atom is -0.302 e. The molecule has 26 heavy (non-hydrogen) atoms. The maximum absolute atomic E-state index is 12.8. The third-order valence-electron chi connectivity index (χ3n) is 4.75. The van der Waals surface area contributed by atoms with Gasteiger partial charge in [-0.15, -0.1) is 0 Å². The molecule has 3 aromatic rings. The maximum atomic E-state index is 12.8. The van der Waals surface area contributed by atoms with Gasteiger partial charge in [-0.2, -0.15) is 0 Å². The lowest BCUT2D eigenvalue weighted by molar-refractivity contribution is 0.566. The summed E-state index contributed by atoms with van der Waals surface area (Å²) in [5.74, 6) is 0. The Hall–Kier alpha value is -1.96. The van der Waals surface area contributed by atoms with Crippen molar-refractivity contribution in [2.24, 2.45) is 7.05 Å². The van der Waals surface area contributed by atoms with Crippen LogP contribution in [0.15, 0.2) is 40.0 Å². The van der Waals surface area contributed by atoms with Crippen LogP contribution >= 0.6 is 11.3 Å². The van der Waals surface area contributed by atoms with Gasteiger partial charge in [-0.05, 0) is 68.1 Å². The van der Waals surface area contributed by atoms with Crippen molar-refractivity contribution in [3.8, 4) is 0 Å². The molecule has 0 fully saturated rings. The first-order valence-electron chi connectivity index (χ1n) is 8.30. The van der Waals surface area contributed by atoms with Crippen molar-refractivity contribution in [2.45, 2.75) is 38.6 Å². The Balaban J connectivity index is 1.96. The zero-order chi connectivity index (χ0) is 19.2. The van der Waals surface area contributed by atoms with E-state index < -0.39 is 10.0 Å². The number of nitrogens with zero attached hydrogens (tertiary/aromatic N) is 1. The van der Waals surface area contributed by atoms with E-state index >= 15 is 0 Å². The molecule has 0 saturated carbocycles. The molecule has 138 valence electrons. The van der Waals surface area contributed by atoms with Crippen LogP contribution in [-0.2, 0) is 17.1 Å². The van der Waals surface area contributed by atoms with Crippen LogP contribution in [0.25, 0.3) is 10.2 Å². The topological polar surface area (TPSA) is 68.2 Å². The van der Waals surface area contributed by atoms with E-state index in [4.69, 9.17) is 0 Å². The second-order valence-corrected chi connectivity index (χ2v) is 9.40. The van der Waals surface area contributed by atoms with Crippen LogP contribution in [-0.4, -0.2) is 13.0 Å². The van der Waals surface area contributed by atoms with Gasteiger partial charge in [0.05, 0.1) is 15.1 Å². The second kappa shape index (κ2) is 6.64. The molecule has 2 aromatic carbocycles. The minimum atomic E-state index is -3.70. The average molecular weight is 391 g/mol. The summed E-state index contributed by atoms with van der Waals surface area (Å²) in [7, 11) is -2.02. The molecular formula is C19H22N2O3S2. The Bertz CT molecular complexity index is 1160. The molecule has 1 unspecified atom stereocenters. The van der Waals surface area contributed by atoms with Crippen LogP contribution in [0.1, 0.15) is 35.2 Å². The number of aromatic nitrogens is 1. The molecule has 0 radical (unpaired) electrons. The monoisotopic (exact) mass is 390 g/mol. The molecule has 1 heterocycles. The zero-order valence-corrected chi connectivity index (χ0v) is 17.1. The van der Waals surface area contributed by atoms with E-state index in [9.17, 15) is 13.2 Å². The molecule has 0 aliphatic carbocycles. The molecule has 7 heteroatoms. The zero-order valence-electron chi connectivity index (χ0n) is 15.5. The lowest BCUT2D eigenvalue weighted by Crippen LogP contribution is -2.27. The normalized spacial score (nSPS) is 13.3. The molecule has 0 aliphatic heterocycles. The number of sulfonamides is 1. The van der Waals surface area contributed by atoms with Gasteiger partial charge in [0.1, 0.15) is 0 Å². The van der Waals surface area contributed by atoms with Gasteiger partial charge in [-0.1, -0.05) is 23.5 Å². The molecule has 1 N–H and O–H groups in total. The van der Waals surface area contributed by atoms with Crippen molar-refractivity contribution in [1.29, 1.82) is 0 Å². The molecule has 1 aromatic heterocycles. The molecule has 0 amide bonds. The van der Waals surface area contributed by atoms with E-state index in [1.165, 1.54) is 16.2 Å². The van der Waals surface area contributed by atoms with Crippen molar-refractivity contribution >= 4 is 31.6 Å². The highest BCUT2D eigenvalue weighted by Crippen LogP contribution is 2.25. The van der Waals surface area contributed by atoms with Crippen LogP contribution in [0.2, 0.25) is 0 Å². The third-order valence-corrected chi connectivity index (χ3v) is 7.29. The van der Waals surface area contributed by atoms with Crippen LogP contribution in [0.3, 0.4) is 0 Å². The Kier molecular flexibility index (Phi) is 4.81. The molecule has 3 rings (SSSR count). The van der Waals surface area contributed by atoms with Crippen molar-refractivity contribution in [2.75, 3.05) is 0 Å². The van der Waals surface area contributed by atoms with E-state index in [1.807, 2.05) is 33.8 Å². The van der Waals surface area contributed by atoms with E-state index in [0.29, 0.717) is 4.70 Å². The molecule has 0 saturated heterocycles. The first-order valence-corrected chi connectivity index (χ1v) is 10.6. The predicted molar refractivity (Wildman–Crippen MR) is 106 cm³/mol. The largest absolute Gasteiger partial charge is 0.307 e. The Morgan fingerprint density at radius 1 is 1.04 bits per heavy atom. The number of hydrogen-bond acceptors (Lipinski definition) is 4. The highest BCUT2D eigenvalue weighted by atomic mass is 32.2. The number of rotatable bonds is 4. The highest BCUT2D eigenvalue weighted by Gasteiger charge is 2.21. The van der Waals surface area contributed by atoms with Gasteiger partial charge in [0, 0.05) is 13.1 Å². The third kappa shape index (κ3) is 3.34. The highest BCUT2D eigenvalue weighted by molar-refractivity contribution is 7.89. The lowest BCUT2D eigenvalue weighted by atomic mass is 9.97. The van der Waals surface area contributed by atoms with Gasteiger partial charge in [0.15, 0.2) is 0 Å². The summed E-state index contributed by atoms with van der Waals surface area (Å²) < 4.78 is 30.6. The SMILES string of the molecule is Cc1cc(C)c(C(C)NS(=O)(=O)c2ccc3c(c2)sc(=O)n3C)cc1C. The molecule has 0 bridgehead atoms. The summed E-state index contributed by atoms with van der Waals surface area (Å²) in [6.45, 7) is 7.89. The molecule has 5 nitrogen and oxygen atoms in total. The van der Waals surface area contributed by atoms with Gasteiger partial charge in [-0.3, -0.25) is 4.79 Å². The summed E-state index contributed by atoms with van der Waals surface area (Å²) >= 11 is 1.05. The lowest BCUT2D eigenvalue weighted by Gasteiger charge is -2.18. The molecule has 0 spiro atoms. The van der Waals surface area contributed by atoms with Crippen molar-refractivity contribution in [1.82, 2.24) is 9.29 Å². The molecule has 0 aliphatic rings. The first kappa shape index (κ1) is 18.8. The fourth-order valence-corrected chi connectivity index (χ4v) is 5.34. The summed E-state index contributed by atoms with van der Waals surface area (Å²) in [5.41, 5.74) is 5.07. The van der Waals surface area contributed by atoms with Crippen LogP contribution < -0.4 is 9.60 Å². The number of benzene rings is 2. The van der Waals surface area contributed by atoms with Crippen molar-refractivity contribution in [3.05, 3.63) is 62.3 Å². The van der Waals surface area contributed by atoms with Crippen LogP contribution in [0, 0.1) is 20.8 Å². The maximum Gasteiger partial charge on any atom is 0.307 e. The summed E-state index contributed by atoms with van der Waals surface area (Å²) in [5, 5.41) is 0. The minimum absolute atomic E-state index is 0.110. The van der Waals surface area contributed by atoms with Crippen LogP contribution in [0.4, 0.5) is 0 Å². The number of aryl methyl sites for hydroxylation is 4. The van der Waals surface area contributed by atoms with E-state index in [1.54, 1.807) is 19.2 Å². The van der Waals surface area contributed by atoms with Crippen LogP contribution in [0.5, 0.6) is 0 Å². The fraction of sp³-hybridized carbons (Fsp3) is 0.316. The number of hydrogen-bond donors (Lipinski definition) is 1. The quantitative estimate of drug-likeness (QED) is 0.740. The van der Waals surface area contributed by atoms with Gasteiger partial charge >= 0.3 is 4.87 Å². The Labute approximate surface area is 157 Å². The van der Waals surface area contributed by atoms with E-state index in [-0.39, 0.29) is 15.8 Å². The summed E-state index contributed by atoms with van der Waals surface area (Å²) in [6, 6.07) is 8.52. The van der Waals surface area contributed by atoms with Gasteiger partial charge in [0.2, 0.25) is 10.0 Å². The number of fused-ring (bicyclic) bond motifs is 1. The summed E-state index contributed by atoms with van der Waals surface area (Å²) in [6.07, 6.45) is 0. The standard InChI is InChI=1S/C19H22N2O3S2/c1-11-8-13(3)16(9-12(11)2)14(4)20-26(23,24)15-6-7-17-18(10-15)25-19(22)21(17)5/h6-10,14,20H,1-5H3. The summed E-state index contributed by atoms with van der Waals surface area (Å²) in [4.78, 5) is 11.8. The van der Waals surface area contributed by atoms with E-state index in [2.05, 4.69) is 10.8 Å². The first-order chi connectivity index (χ1) is 12.1. The number of nitrogens with one attached hydrogen (secondary N) is 1. The van der Waals surface area contributed by atoms with Crippen molar-refractivity contribution < 1.29 is 8.42 Å². The molecule has 1 atom stereocenters. The smallest absolute Gasteiger partial charge is 0.302 e. The van der Waals surface area contributed by atoms with Gasteiger partial charge in [0.25, 0.3) is 0 Å². The average Bonchev–Trinajstić information content (AvgIpc) is 2.84. The Morgan fingerprint density at radius 3 is 2.38 bits per heavy atom. The van der Waals surface area contributed by atoms with Gasteiger partial charge < -0.3 is 4.57 Å². The predicted octanol–water partition coefficient (Wildman–Crippen LogP) is 3.56. The fourth-order valence-electron chi connectivity index (χ4n) is 3.09. The van der Waals surface area contributed by atoms with Gasteiger partial charge in [-0.25, -0.2) is 13.1 Å². The van der Waals surface area contributed by atoms with E-state index in [0.717, 1.165) is 33.5 Å². The Morgan fingerprint density at radius 2 is 1.69 bits per heavy atom. The van der Waals surface area contributed by atoms with Crippen molar-refractivity contribution in [3.63, 3.8) is 0 Å². The number of thiazole rings is 1. The second-order valence-electron chi connectivity index (χ2n) is 6.69. The molecular weight excluding hydrogens is 368 g/mol.